The SMILES string of the molecule is CCOCCOCCOCCOCCOCCOCCOCCOCCOCCOCCOC(c1ccccc1)(c1ccccc1)c1ccccc1. The molecule has 0 saturated heterocycles. The third-order valence-electron chi connectivity index (χ3n) is 7.64. The molecule has 0 aliphatic carbocycles. The second-order valence-corrected chi connectivity index (χ2v) is 11.3. The lowest BCUT2D eigenvalue weighted by Gasteiger charge is -2.36. The summed E-state index contributed by atoms with van der Waals surface area (Å²) in [6.07, 6.45) is 0. The van der Waals surface area contributed by atoms with Crippen molar-refractivity contribution in [2.24, 2.45) is 0 Å². The first-order chi connectivity index (χ1) is 25.9. The standard InChI is InChI=1S/C41H60O11/c1-2-42-18-19-43-20-21-44-22-23-45-24-25-46-26-27-47-28-29-48-30-31-49-32-33-50-34-35-51-36-37-52-41(38-12-6-3-7-13-38,39-14-8-4-9-15-39)40-16-10-5-11-17-40/h3-17H,2,18-37H2,1H3. The monoisotopic (exact) mass is 728 g/mol. The lowest BCUT2D eigenvalue weighted by Crippen LogP contribution is -2.34. The molecule has 0 radical (unpaired) electrons. The third-order valence-corrected chi connectivity index (χ3v) is 7.64. The zero-order valence-electron chi connectivity index (χ0n) is 31.0. The summed E-state index contributed by atoms with van der Waals surface area (Å²) in [4.78, 5) is 0. The van der Waals surface area contributed by atoms with Crippen LogP contribution >= 0.6 is 0 Å². The minimum Gasteiger partial charge on any atom is -0.379 e. The molecule has 0 fully saturated rings. The summed E-state index contributed by atoms with van der Waals surface area (Å²) in [5.41, 5.74) is 2.46. The molecule has 11 nitrogen and oxygen atoms in total. The second-order valence-electron chi connectivity index (χ2n) is 11.3. The quantitative estimate of drug-likeness (QED) is 0.0592. The molecular weight excluding hydrogens is 668 g/mol. The molecule has 3 aromatic rings. The molecule has 0 spiro atoms. The van der Waals surface area contributed by atoms with E-state index in [4.69, 9.17) is 52.1 Å². The summed E-state index contributed by atoms with van der Waals surface area (Å²) < 4.78 is 61.9. The highest BCUT2D eigenvalue weighted by molar-refractivity contribution is 5.47. The Morgan fingerprint density at radius 3 is 0.731 bits per heavy atom. The molecule has 0 unspecified atom stereocenters. The van der Waals surface area contributed by atoms with Gasteiger partial charge in [-0.25, -0.2) is 0 Å². The second kappa shape index (κ2) is 30.7. The van der Waals surface area contributed by atoms with Crippen LogP contribution in [0.5, 0.6) is 0 Å². The number of hydrogen-bond acceptors (Lipinski definition) is 11. The maximum absolute atomic E-state index is 6.73. The van der Waals surface area contributed by atoms with Crippen LogP contribution in [0.25, 0.3) is 0 Å². The van der Waals surface area contributed by atoms with Gasteiger partial charge in [0.15, 0.2) is 0 Å². The lowest BCUT2D eigenvalue weighted by atomic mass is 9.80. The fraction of sp³-hybridized carbons (Fsp3) is 0.561. The Morgan fingerprint density at radius 2 is 0.500 bits per heavy atom. The van der Waals surface area contributed by atoms with Crippen LogP contribution in [0.4, 0.5) is 0 Å². The molecule has 0 N–H and O–H groups in total. The first kappa shape index (κ1) is 43.6. The predicted octanol–water partition coefficient (Wildman–Crippen LogP) is 5.18. The Hall–Kier alpha value is -2.78. The van der Waals surface area contributed by atoms with Crippen LogP contribution < -0.4 is 0 Å². The molecule has 0 aliphatic heterocycles. The van der Waals surface area contributed by atoms with E-state index in [-0.39, 0.29) is 0 Å². The van der Waals surface area contributed by atoms with Crippen LogP contribution in [0.3, 0.4) is 0 Å². The van der Waals surface area contributed by atoms with Crippen LogP contribution in [0.15, 0.2) is 91.0 Å². The van der Waals surface area contributed by atoms with Crippen molar-refractivity contribution in [3.8, 4) is 0 Å². The Labute approximate surface area is 310 Å². The van der Waals surface area contributed by atoms with Gasteiger partial charge < -0.3 is 52.1 Å². The maximum atomic E-state index is 6.73. The number of rotatable bonds is 35. The minimum atomic E-state index is -0.749. The first-order valence-corrected chi connectivity index (χ1v) is 18.5. The maximum Gasteiger partial charge on any atom is 0.143 e. The number of benzene rings is 3. The van der Waals surface area contributed by atoms with Crippen molar-refractivity contribution in [3.05, 3.63) is 108 Å². The first-order valence-electron chi connectivity index (χ1n) is 18.5. The highest BCUT2D eigenvalue weighted by Gasteiger charge is 2.37. The van der Waals surface area contributed by atoms with E-state index in [2.05, 4.69) is 36.4 Å². The van der Waals surface area contributed by atoms with Crippen molar-refractivity contribution in [1.82, 2.24) is 0 Å². The fourth-order valence-electron chi connectivity index (χ4n) is 5.15. The highest BCUT2D eigenvalue weighted by Crippen LogP contribution is 2.40. The minimum absolute atomic E-state index is 0.418. The number of hydrogen-bond donors (Lipinski definition) is 0. The molecule has 0 amide bonds. The van der Waals surface area contributed by atoms with Crippen LogP contribution in [-0.4, -0.2) is 139 Å². The molecule has 11 heteroatoms. The van der Waals surface area contributed by atoms with Gasteiger partial charge in [-0.15, -0.1) is 0 Å². The van der Waals surface area contributed by atoms with E-state index < -0.39 is 5.60 Å². The van der Waals surface area contributed by atoms with E-state index in [1.807, 2.05) is 61.5 Å². The summed E-state index contributed by atoms with van der Waals surface area (Å²) in [6.45, 7) is 12.9. The summed E-state index contributed by atoms with van der Waals surface area (Å²) in [6, 6.07) is 31.0. The molecule has 0 saturated carbocycles. The molecule has 0 bridgehead atoms. The van der Waals surface area contributed by atoms with Gasteiger partial charge in [-0.05, 0) is 23.6 Å². The van der Waals surface area contributed by atoms with E-state index in [0.29, 0.717) is 139 Å². The smallest absolute Gasteiger partial charge is 0.143 e. The topological polar surface area (TPSA) is 102 Å². The van der Waals surface area contributed by atoms with E-state index in [1.54, 1.807) is 0 Å². The van der Waals surface area contributed by atoms with Gasteiger partial charge in [0.05, 0.1) is 132 Å². The van der Waals surface area contributed by atoms with E-state index in [9.17, 15) is 0 Å². The van der Waals surface area contributed by atoms with Crippen molar-refractivity contribution in [2.75, 3.05) is 139 Å². The van der Waals surface area contributed by atoms with E-state index in [0.717, 1.165) is 16.7 Å². The zero-order chi connectivity index (χ0) is 36.5. The van der Waals surface area contributed by atoms with Gasteiger partial charge in [0.1, 0.15) is 5.60 Å². The van der Waals surface area contributed by atoms with Gasteiger partial charge in [-0.2, -0.15) is 0 Å². The Bertz CT molecular complexity index is 1090. The predicted molar refractivity (Wildman–Crippen MR) is 199 cm³/mol. The third kappa shape index (κ3) is 18.8. The zero-order valence-corrected chi connectivity index (χ0v) is 31.0. The Morgan fingerprint density at radius 1 is 0.288 bits per heavy atom. The molecule has 52 heavy (non-hydrogen) atoms. The largest absolute Gasteiger partial charge is 0.379 e. The molecule has 3 aromatic carbocycles. The van der Waals surface area contributed by atoms with Gasteiger partial charge in [0.2, 0.25) is 0 Å². The molecule has 0 atom stereocenters. The van der Waals surface area contributed by atoms with Crippen LogP contribution in [-0.2, 0) is 57.7 Å². The van der Waals surface area contributed by atoms with E-state index in [1.165, 1.54) is 0 Å². The molecular formula is C41H60O11. The van der Waals surface area contributed by atoms with Gasteiger partial charge in [0.25, 0.3) is 0 Å². The summed E-state index contributed by atoms with van der Waals surface area (Å²) >= 11 is 0. The van der Waals surface area contributed by atoms with Gasteiger partial charge in [-0.3, -0.25) is 0 Å². The van der Waals surface area contributed by atoms with E-state index >= 15 is 0 Å². The van der Waals surface area contributed by atoms with Crippen molar-refractivity contribution in [2.45, 2.75) is 12.5 Å². The van der Waals surface area contributed by atoms with Gasteiger partial charge in [0, 0.05) is 6.61 Å². The Kier molecular flexibility index (Phi) is 25.7. The van der Waals surface area contributed by atoms with Gasteiger partial charge in [-0.1, -0.05) is 91.0 Å². The molecule has 0 aliphatic rings. The summed E-state index contributed by atoms with van der Waals surface area (Å²) in [5, 5.41) is 0. The number of ether oxygens (including phenoxy) is 11. The molecule has 290 valence electrons. The van der Waals surface area contributed by atoms with Crippen molar-refractivity contribution in [1.29, 1.82) is 0 Å². The fourth-order valence-corrected chi connectivity index (χ4v) is 5.15. The molecule has 0 heterocycles. The van der Waals surface area contributed by atoms with Crippen molar-refractivity contribution in [3.63, 3.8) is 0 Å². The summed E-state index contributed by atoms with van der Waals surface area (Å²) in [7, 11) is 0. The van der Waals surface area contributed by atoms with Crippen LogP contribution in [0.1, 0.15) is 23.6 Å². The van der Waals surface area contributed by atoms with Crippen LogP contribution in [0.2, 0.25) is 0 Å². The highest BCUT2D eigenvalue weighted by atomic mass is 16.6. The van der Waals surface area contributed by atoms with Crippen LogP contribution in [0, 0.1) is 0 Å². The lowest BCUT2D eigenvalue weighted by molar-refractivity contribution is -0.0399. The molecule has 3 rings (SSSR count). The normalized spacial score (nSPS) is 11.7. The van der Waals surface area contributed by atoms with Crippen molar-refractivity contribution >= 4 is 0 Å². The Balaban J connectivity index is 1.09. The summed E-state index contributed by atoms with van der Waals surface area (Å²) in [5.74, 6) is 0. The average Bonchev–Trinajstić information content (AvgIpc) is 3.19. The molecule has 0 aromatic heterocycles. The average molecular weight is 729 g/mol. The van der Waals surface area contributed by atoms with Gasteiger partial charge >= 0.3 is 0 Å². The van der Waals surface area contributed by atoms with Crippen molar-refractivity contribution < 1.29 is 52.1 Å².